The number of aliphatic hydroxyl groups is 1. The van der Waals surface area contributed by atoms with Crippen molar-refractivity contribution in [2.75, 3.05) is 5.73 Å². The van der Waals surface area contributed by atoms with Crippen LogP contribution in [0.5, 0.6) is 0 Å². The van der Waals surface area contributed by atoms with E-state index >= 15 is 0 Å². The molecule has 0 amide bonds. The molecule has 1 saturated carbocycles. The lowest BCUT2D eigenvalue weighted by Gasteiger charge is -2.20. The van der Waals surface area contributed by atoms with Crippen molar-refractivity contribution in [1.82, 2.24) is 0 Å². The van der Waals surface area contributed by atoms with Crippen molar-refractivity contribution in [1.29, 1.82) is 0 Å². The molecule has 0 bridgehead atoms. The summed E-state index contributed by atoms with van der Waals surface area (Å²) in [6.07, 6.45) is 4.90. The Morgan fingerprint density at radius 2 is 2.00 bits per heavy atom. The predicted octanol–water partition coefficient (Wildman–Crippen LogP) is 3.19. The van der Waals surface area contributed by atoms with Crippen LogP contribution in [-0.4, -0.2) is 16.5 Å². The maximum Gasteiger partial charge on any atom is 0.124 e. The van der Waals surface area contributed by atoms with Gasteiger partial charge in [0.15, 0.2) is 0 Å². The summed E-state index contributed by atoms with van der Waals surface area (Å²) < 4.78 is 13.1. The van der Waals surface area contributed by atoms with Gasteiger partial charge in [-0.05, 0) is 31.0 Å². The molecule has 0 aromatic heterocycles. The van der Waals surface area contributed by atoms with E-state index in [1.807, 2.05) is 0 Å². The van der Waals surface area contributed by atoms with Crippen LogP contribution in [0, 0.1) is 5.82 Å². The van der Waals surface area contributed by atoms with E-state index in [1.54, 1.807) is 6.07 Å². The van der Waals surface area contributed by atoms with Crippen molar-refractivity contribution < 1.29 is 9.50 Å². The minimum absolute atomic E-state index is 0.140. The number of rotatable bonds is 2. The van der Waals surface area contributed by atoms with Crippen LogP contribution in [0.2, 0.25) is 0 Å². The number of benzene rings is 1. The average Bonchev–Trinajstić information content (AvgIpc) is 2.50. The normalized spacial score (nSPS) is 25.5. The summed E-state index contributed by atoms with van der Waals surface area (Å²) in [6.45, 7) is 0. The molecule has 1 fully saturated rings. The molecule has 1 aromatic rings. The van der Waals surface area contributed by atoms with Gasteiger partial charge in [0.1, 0.15) is 5.82 Å². The Hall–Kier alpha value is -0.740. The first-order valence-electron chi connectivity index (χ1n) is 6.06. The number of nitrogen functional groups attached to an aromatic ring is 1. The Morgan fingerprint density at radius 3 is 2.82 bits per heavy atom. The number of thioether (sulfide) groups is 1. The monoisotopic (exact) mass is 255 g/mol. The Bertz CT molecular complexity index is 386. The third kappa shape index (κ3) is 3.36. The van der Waals surface area contributed by atoms with Crippen LogP contribution < -0.4 is 5.73 Å². The first kappa shape index (κ1) is 12.7. The molecular weight excluding hydrogens is 237 g/mol. The van der Waals surface area contributed by atoms with Gasteiger partial charge in [0.05, 0.1) is 6.10 Å². The summed E-state index contributed by atoms with van der Waals surface area (Å²) in [5, 5.41) is 10.2. The predicted molar refractivity (Wildman–Crippen MR) is 69.5 cm³/mol. The van der Waals surface area contributed by atoms with Crippen LogP contribution in [0.3, 0.4) is 0 Å². The highest BCUT2D eigenvalue weighted by atomic mass is 32.2. The third-order valence-electron chi connectivity index (χ3n) is 3.17. The lowest BCUT2D eigenvalue weighted by molar-refractivity contribution is 0.163. The van der Waals surface area contributed by atoms with Crippen LogP contribution in [0.4, 0.5) is 10.1 Å². The van der Waals surface area contributed by atoms with Gasteiger partial charge < -0.3 is 10.8 Å². The summed E-state index contributed by atoms with van der Waals surface area (Å²) in [5.74, 6) is -0.273. The molecule has 0 spiro atoms. The molecule has 17 heavy (non-hydrogen) atoms. The van der Waals surface area contributed by atoms with E-state index in [1.165, 1.54) is 30.3 Å². The molecular formula is C13H18FNOS. The molecule has 2 nitrogen and oxygen atoms in total. The minimum atomic E-state index is -0.301. The highest BCUT2D eigenvalue weighted by molar-refractivity contribution is 8.00. The van der Waals surface area contributed by atoms with E-state index in [2.05, 4.69) is 0 Å². The number of hydrogen-bond acceptors (Lipinski definition) is 3. The zero-order valence-corrected chi connectivity index (χ0v) is 10.5. The molecule has 0 heterocycles. The SMILES string of the molecule is Nc1ccc(F)cc1SC1CCCCCC1O. The molecule has 1 aliphatic carbocycles. The summed E-state index contributed by atoms with van der Waals surface area (Å²) >= 11 is 1.51. The second-order valence-corrected chi connectivity index (χ2v) is 5.82. The first-order valence-corrected chi connectivity index (χ1v) is 6.94. The fraction of sp³-hybridized carbons (Fsp3) is 0.538. The van der Waals surface area contributed by atoms with Crippen LogP contribution in [0.1, 0.15) is 32.1 Å². The van der Waals surface area contributed by atoms with Gasteiger partial charge in [-0.1, -0.05) is 19.3 Å². The topological polar surface area (TPSA) is 46.2 Å². The van der Waals surface area contributed by atoms with E-state index < -0.39 is 0 Å². The minimum Gasteiger partial charge on any atom is -0.398 e. The second-order valence-electron chi connectivity index (χ2n) is 4.54. The van der Waals surface area contributed by atoms with Gasteiger partial charge in [-0.3, -0.25) is 0 Å². The van der Waals surface area contributed by atoms with Crippen LogP contribution in [0.25, 0.3) is 0 Å². The summed E-state index contributed by atoms with van der Waals surface area (Å²) in [4.78, 5) is 0.746. The van der Waals surface area contributed by atoms with Crippen LogP contribution >= 0.6 is 11.8 Å². The molecule has 0 aliphatic heterocycles. The molecule has 1 aromatic carbocycles. The summed E-state index contributed by atoms with van der Waals surface area (Å²) in [7, 11) is 0. The number of halogens is 1. The Kier molecular flexibility index (Phi) is 4.29. The Labute approximate surface area is 105 Å². The van der Waals surface area contributed by atoms with E-state index in [9.17, 15) is 9.50 Å². The fourth-order valence-corrected chi connectivity index (χ4v) is 3.45. The number of aliphatic hydroxyl groups excluding tert-OH is 1. The van der Waals surface area contributed by atoms with Crippen molar-refractivity contribution in [2.45, 2.75) is 48.4 Å². The van der Waals surface area contributed by atoms with Crippen molar-refractivity contribution in [2.24, 2.45) is 0 Å². The van der Waals surface area contributed by atoms with E-state index in [-0.39, 0.29) is 17.2 Å². The van der Waals surface area contributed by atoms with Gasteiger partial charge >= 0.3 is 0 Å². The average molecular weight is 255 g/mol. The van der Waals surface area contributed by atoms with Gasteiger partial charge in [-0.25, -0.2) is 4.39 Å². The molecule has 3 N–H and O–H groups in total. The standard InChI is InChI=1S/C13H18FNOS/c14-9-6-7-10(15)13(8-9)17-12-5-3-1-2-4-11(12)16/h6-8,11-12,16H,1-5,15H2. The molecule has 94 valence electrons. The number of hydrogen-bond donors (Lipinski definition) is 2. The quantitative estimate of drug-likeness (QED) is 0.630. The zero-order valence-electron chi connectivity index (χ0n) is 9.73. The zero-order chi connectivity index (χ0) is 12.3. The highest BCUT2D eigenvalue weighted by Gasteiger charge is 2.23. The van der Waals surface area contributed by atoms with E-state index in [0.717, 1.165) is 30.6 Å². The van der Waals surface area contributed by atoms with Crippen molar-refractivity contribution >= 4 is 17.4 Å². The Morgan fingerprint density at radius 1 is 1.24 bits per heavy atom. The lowest BCUT2D eigenvalue weighted by Crippen LogP contribution is -2.21. The summed E-state index contributed by atoms with van der Waals surface area (Å²) in [6, 6.07) is 4.40. The molecule has 0 radical (unpaired) electrons. The van der Waals surface area contributed by atoms with Gasteiger partial charge in [0.2, 0.25) is 0 Å². The maximum absolute atomic E-state index is 13.1. The maximum atomic E-state index is 13.1. The van der Waals surface area contributed by atoms with Crippen LogP contribution in [-0.2, 0) is 0 Å². The smallest absolute Gasteiger partial charge is 0.124 e. The molecule has 0 saturated heterocycles. The highest BCUT2D eigenvalue weighted by Crippen LogP contribution is 2.36. The summed E-state index contributed by atoms with van der Waals surface area (Å²) in [5.41, 5.74) is 6.41. The largest absolute Gasteiger partial charge is 0.398 e. The van der Waals surface area contributed by atoms with Crippen molar-refractivity contribution in [3.05, 3.63) is 24.0 Å². The molecule has 2 atom stereocenters. The fourth-order valence-electron chi connectivity index (χ4n) is 2.16. The lowest BCUT2D eigenvalue weighted by atomic mass is 10.1. The first-order chi connectivity index (χ1) is 8.16. The van der Waals surface area contributed by atoms with E-state index in [4.69, 9.17) is 5.73 Å². The van der Waals surface area contributed by atoms with E-state index in [0.29, 0.717) is 5.69 Å². The molecule has 2 rings (SSSR count). The van der Waals surface area contributed by atoms with Crippen molar-refractivity contribution in [3.63, 3.8) is 0 Å². The number of anilines is 1. The Balaban J connectivity index is 2.10. The van der Waals surface area contributed by atoms with Gasteiger partial charge in [0.25, 0.3) is 0 Å². The van der Waals surface area contributed by atoms with Gasteiger partial charge in [-0.15, -0.1) is 11.8 Å². The number of nitrogens with two attached hydrogens (primary N) is 1. The van der Waals surface area contributed by atoms with Crippen LogP contribution in [0.15, 0.2) is 23.1 Å². The van der Waals surface area contributed by atoms with Gasteiger partial charge in [0, 0.05) is 15.8 Å². The molecule has 4 heteroatoms. The third-order valence-corrected chi connectivity index (χ3v) is 4.63. The molecule has 2 unspecified atom stereocenters. The van der Waals surface area contributed by atoms with Crippen molar-refractivity contribution in [3.8, 4) is 0 Å². The second kappa shape index (κ2) is 5.74. The molecule has 1 aliphatic rings. The van der Waals surface area contributed by atoms with Gasteiger partial charge in [-0.2, -0.15) is 0 Å².